The average Bonchev–Trinajstić information content (AvgIpc) is 2.70. The Hall–Kier alpha value is -2.81. The van der Waals surface area contributed by atoms with Crippen molar-refractivity contribution in [2.24, 2.45) is 0 Å². The Balaban J connectivity index is 1.98. The normalized spacial score (nSPS) is 12.2. The van der Waals surface area contributed by atoms with Gasteiger partial charge in [-0.3, -0.25) is 9.59 Å². The van der Waals surface area contributed by atoms with Gasteiger partial charge in [0.05, 0.1) is 5.56 Å². The van der Waals surface area contributed by atoms with Crippen LogP contribution >= 0.6 is 11.6 Å². The molecule has 0 fully saturated rings. The molecular weight excluding hydrogens is 423 g/mol. The van der Waals surface area contributed by atoms with E-state index in [0.717, 1.165) is 12.6 Å². The first-order chi connectivity index (χ1) is 14.1. The molecule has 0 bridgehead atoms. The van der Waals surface area contributed by atoms with Crippen molar-refractivity contribution in [2.45, 2.75) is 39.0 Å². The second-order valence-corrected chi connectivity index (χ2v) is 6.99. The summed E-state index contributed by atoms with van der Waals surface area (Å²) in [5, 5.41) is 5.30. The summed E-state index contributed by atoms with van der Waals surface area (Å²) in [6, 6.07) is 8.01. The Kier molecular flexibility index (Phi) is 8.05. The van der Waals surface area contributed by atoms with Crippen molar-refractivity contribution < 1.29 is 27.5 Å². The lowest BCUT2D eigenvalue weighted by Crippen LogP contribution is -2.32. The van der Waals surface area contributed by atoms with E-state index >= 15 is 0 Å². The zero-order valence-corrected chi connectivity index (χ0v) is 17.1. The fraction of sp³-hybridized carbons (Fsp3) is 0.350. The summed E-state index contributed by atoms with van der Waals surface area (Å²) in [7, 11) is 0. The third-order valence-electron chi connectivity index (χ3n) is 4.07. The summed E-state index contributed by atoms with van der Waals surface area (Å²) < 4.78 is 41.1. The average molecular weight is 444 g/mol. The van der Waals surface area contributed by atoms with Gasteiger partial charge in [-0.1, -0.05) is 30.7 Å². The van der Waals surface area contributed by atoms with Crippen molar-refractivity contribution in [2.75, 3.05) is 6.61 Å². The summed E-state index contributed by atoms with van der Waals surface area (Å²) in [6.07, 6.45) is -2.65. The monoisotopic (exact) mass is 443 g/mol. The largest absolute Gasteiger partial charge is 0.467 e. The van der Waals surface area contributed by atoms with Crippen molar-refractivity contribution >= 4 is 23.4 Å². The van der Waals surface area contributed by atoms with Crippen LogP contribution in [0.5, 0.6) is 5.88 Å². The number of benzene rings is 1. The van der Waals surface area contributed by atoms with Gasteiger partial charge >= 0.3 is 6.18 Å². The Morgan fingerprint density at radius 3 is 2.57 bits per heavy atom. The number of ether oxygens (including phenoxy) is 1. The lowest BCUT2D eigenvalue weighted by molar-refractivity contribution is -0.154. The predicted molar refractivity (Wildman–Crippen MR) is 106 cm³/mol. The van der Waals surface area contributed by atoms with E-state index in [1.807, 2.05) is 13.8 Å². The molecule has 1 aromatic carbocycles. The van der Waals surface area contributed by atoms with Crippen LogP contribution in [0.15, 0.2) is 36.5 Å². The number of pyridine rings is 1. The Labute approximate surface area is 176 Å². The number of halogens is 4. The van der Waals surface area contributed by atoms with E-state index in [-0.39, 0.29) is 29.1 Å². The van der Waals surface area contributed by atoms with Gasteiger partial charge in [-0.15, -0.1) is 0 Å². The molecule has 162 valence electrons. The van der Waals surface area contributed by atoms with Gasteiger partial charge in [0.1, 0.15) is 5.02 Å². The molecule has 0 spiro atoms. The minimum atomic E-state index is -4.53. The molecule has 6 nitrogen and oxygen atoms in total. The van der Waals surface area contributed by atoms with E-state index in [9.17, 15) is 22.8 Å². The molecule has 0 aliphatic rings. The van der Waals surface area contributed by atoms with Gasteiger partial charge < -0.3 is 15.4 Å². The first-order valence-electron chi connectivity index (χ1n) is 9.12. The summed E-state index contributed by atoms with van der Waals surface area (Å²) in [5.41, 5.74) is 1.23. The quantitative estimate of drug-likeness (QED) is 0.642. The summed E-state index contributed by atoms with van der Waals surface area (Å²) in [6.45, 7) is 2.47. The highest BCUT2D eigenvalue weighted by Gasteiger charge is 2.29. The Bertz CT molecular complexity index is 906. The van der Waals surface area contributed by atoms with Crippen LogP contribution in [0.3, 0.4) is 0 Å². The van der Waals surface area contributed by atoms with Gasteiger partial charge in [-0.2, -0.15) is 13.2 Å². The predicted octanol–water partition coefficient (Wildman–Crippen LogP) is 4.13. The highest BCUT2D eigenvalue weighted by atomic mass is 35.5. The Morgan fingerprint density at radius 2 is 1.93 bits per heavy atom. The fourth-order valence-electron chi connectivity index (χ4n) is 2.32. The van der Waals surface area contributed by atoms with Gasteiger partial charge in [-0.05, 0) is 37.1 Å². The van der Waals surface area contributed by atoms with E-state index in [1.54, 1.807) is 24.3 Å². The lowest BCUT2D eigenvalue weighted by Gasteiger charge is -2.12. The number of nitrogens with one attached hydrogen (secondary N) is 2. The van der Waals surface area contributed by atoms with Crippen LogP contribution in [-0.2, 0) is 6.54 Å². The van der Waals surface area contributed by atoms with Crippen molar-refractivity contribution in [3.05, 3.63) is 58.2 Å². The van der Waals surface area contributed by atoms with Crippen molar-refractivity contribution in [3.8, 4) is 5.88 Å². The minimum absolute atomic E-state index is 0.0428. The van der Waals surface area contributed by atoms with Gasteiger partial charge in [0.2, 0.25) is 5.88 Å². The summed E-state index contributed by atoms with van der Waals surface area (Å²) in [4.78, 5) is 28.2. The number of rotatable bonds is 8. The minimum Gasteiger partial charge on any atom is -0.467 e. The molecule has 1 aromatic heterocycles. The van der Waals surface area contributed by atoms with Crippen LogP contribution in [0.1, 0.15) is 46.5 Å². The molecule has 1 atom stereocenters. The molecule has 30 heavy (non-hydrogen) atoms. The number of carbonyl (C=O) groups excluding carboxylic acids is 2. The SMILES string of the molecule is CCC(C)NC(=O)c1cccc(CNC(=O)c2cnc(OCC(F)(F)F)c(Cl)c2)c1. The van der Waals surface area contributed by atoms with Crippen LogP contribution in [0.2, 0.25) is 5.02 Å². The molecule has 0 aliphatic heterocycles. The molecule has 10 heteroatoms. The summed E-state index contributed by atoms with van der Waals surface area (Å²) in [5.74, 6) is -1.14. The van der Waals surface area contributed by atoms with Crippen LogP contribution in [-0.4, -0.2) is 35.6 Å². The van der Waals surface area contributed by atoms with E-state index in [1.165, 1.54) is 6.07 Å². The maximum atomic E-state index is 12.3. The number of hydrogen-bond donors (Lipinski definition) is 2. The highest BCUT2D eigenvalue weighted by Crippen LogP contribution is 2.25. The zero-order chi connectivity index (χ0) is 22.3. The highest BCUT2D eigenvalue weighted by molar-refractivity contribution is 6.32. The van der Waals surface area contributed by atoms with E-state index in [4.69, 9.17) is 11.6 Å². The molecule has 0 aliphatic carbocycles. The van der Waals surface area contributed by atoms with Crippen LogP contribution in [0.4, 0.5) is 13.2 Å². The standard InChI is InChI=1S/C20H21ClF3N3O3/c1-3-12(2)27-18(29)14-6-4-5-13(7-14)9-25-17(28)15-8-16(21)19(26-10-15)30-11-20(22,23)24/h4-8,10,12H,3,9,11H2,1-2H3,(H,25,28)(H,27,29). The number of carbonyl (C=O) groups is 2. The second kappa shape index (κ2) is 10.3. The number of aromatic nitrogens is 1. The third-order valence-corrected chi connectivity index (χ3v) is 4.35. The molecular formula is C20H21ClF3N3O3. The number of amides is 2. The number of hydrogen-bond acceptors (Lipinski definition) is 4. The smallest absolute Gasteiger partial charge is 0.422 e. The van der Waals surface area contributed by atoms with Gasteiger partial charge in [-0.25, -0.2) is 4.98 Å². The number of alkyl halides is 3. The molecule has 0 saturated heterocycles. The van der Waals surface area contributed by atoms with Gasteiger partial charge in [0.25, 0.3) is 11.8 Å². The van der Waals surface area contributed by atoms with E-state index < -0.39 is 24.6 Å². The number of nitrogens with zero attached hydrogens (tertiary/aromatic N) is 1. The van der Waals surface area contributed by atoms with E-state index in [2.05, 4.69) is 20.4 Å². The molecule has 2 aromatic rings. The molecule has 0 saturated carbocycles. The van der Waals surface area contributed by atoms with E-state index in [0.29, 0.717) is 11.1 Å². The molecule has 2 rings (SSSR count). The molecule has 2 N–H and O–H groups in total. The maximum Gasteiger partial charge on any atom is 0.422 e. The van der Waals surface area contributed by atoms with Gasteiger partial charge in [0.15, 0.2) is 6.61 Å². The third kappa shape index (κ3) is 7.22. The topological polar surface area (TPSA) is 80.3 Å². The van der Waals surface area contributed by atoms with Crippen LogP contribution in [0, 0.1) is 0 Å². The first kappa shape index (κ1) is 23.5. The lowest BCUT2D eigenvalue weighted by atomic mass is 10.1. The maximum absolute atomic E-state index is 12.3. The molecule has 2 amide bonds. The molecule has 0 radical (unpaired) electrons. The second-order valence-electron chi connectivity index (χ2n) is 6.58. The van der Waals surface area contributed by atoms with Crippen molar-refractivity contribution in [3.63, 3.8) is 0 Å². The molecule has 1 heterocycles. The summed E-state index contributed by atoms with van der Waals surface area (Å²) >= 11 is 5.85. The first-order valence-corrected chi connectivity index (χ1v) is 9.50. The van der Waals surface area contributed by atoms with Crippen molar-refractivity contribution in [1.82, 2.24) is 15.6 Å². The van der Waals surface area contributed by atoms with Crippen LogP contribution in [0.25, 0.3) is 0 Å². The van der Waals surface area contributed by atoms with Gasteiger partial charge in [0, 0.05) is 24.3 Å². The Morgan fingerprint density at radius 1 is 1.20 bits per heavy atom. The molecule has 1 unspecified atom stereocenters. The fourth-order valence-corrected chi connectivity index (χ4v) is 2.54. The zero-order valence-electron chi connectivity index (χ0n) is 16.3. The van der Waals surface area contributed by atoms with Crippen LogP contribution < -0.4 is 15.4 Å². The van der Waals surface area contributed by atoms with Crippen molar-refractivity contribution in [1.29, 1.82) is 0 Å².